The lowest BCUT2D eigenvalue weighted by molar-refractivity contribution is 0.207. The quantitative estimate of drug-likeness (QED) is 0.908. The minimum atomic E-state index is -0.0762. The van der Waals surface area contributed by atoms with Gasteiger partial charge in [0.15, 0.2) is 0 Å². The second kappa shape index (κ2) is 6.77. The van der Waals surface area contributed by atoms with Crippen molar-refractivity contribution in [2.75, 3.05) is 7.05 Å². The second-order valence-electron chi connectivity index (χ2n) is 4.67. The van der Waals surface area contributed by atoms with Crippen molar-refractivity contribution in [3.63, 3.8) is 0 Å². The normalized spacial score (nSPS) is 10.3. The molecule has 0 atom stereocenters. The third kappa shape index (κ3) is 3.99. The molecule has 0 saturated heterocycles. The van der Waals surface area contributed by atoms with E-state index in [1.54, 1.807) is 23.3 Å². The number of aryl methyl sites for hydroxylation is 1. The van der Waals surface area contributed by atoms with E-state index in [1.165, 1.54) is 10.4 Å². The minimum absolute atomic E-state index is 0.0762. The number of carbonyl (C=O) groups is 1. The molecule has 2 rings (SSSR count). The number of urea groups is 1. The van der Waals surface area contributed by atoms with Crippen LogP contribution in [0.15, 0.2) is 35.7 Å². The van der Waals surface area contributed by atoms with E-state index in [0.29, 0.717) is 18.1 Å². The molecule has 2 amide bonds. The summed E-state index contributed by atoms with van der Waals surface area (Å²) in [4.78, 5) is 14.9. The molecule has 2 aromatic rings. The van der Waals surface area contributed by atoms with Gasteiger partial charge in [-0.25, -0.2) is 4.79 Å². The molecule has 0 aliphatic heterocycles. The minimum Gasteiger partial charge on any atom is -0.334 e. The van der Waals surface area contributed by atoms with E-state index in [1.807, 2.05) is 29.6 Å². The highest BCUT2D eigenvalue weighted by Gasteiger charge is 2.10. The van der Waals surface area contributed by atoms with Gasteiger partial charge in [-0.05, 0) is 41.6 Å². The van der Waals surface area contributed by atoms with Crippen molar-refractivity contribution in [3.8, 4) is 0 Å². The Bertz CT molecular complexity index is 580. The summed E-state index contributed by atoms with van der Waals surface area (Å²) >= 11 is 7.50. The van der Waals surface area contributed by atoms with Crippen LogP contribution in [-0.4, -0.2) is 18.0 Å². The Morgan fingerprint density at radius 2 is 2.00 bits per heavy atom. The molecule has 1 aromatic heterocycles. The van der Waals surface area contributed by atoms with Crippen molar-refractivity contribution in [3.05, 3.63) is 56.7 Å². The lowest BCUT2D eigenvalue weighted by atomic mass is 10.2. The molecule has 5 heteroatoms. The molecule has 0 bridgehead atoms. The molecule has 0 saturated carbocycles. The van der Waals surface area contributed by atoms with Crippen LogP contribution < -0.4 is 5.32 Å². The summed E-state index contributed by atoms with van der Waals surface area (Å²) in [7, 11) is 1.80. The van der Waals surface area contributed by atoms with Gasteiger partial charge in [-0.3, -0.25) is 0 Å². The number of nitrogens with zero attached hydrogens (tertiary/aromatic N) is 1. The molecule has 1 heterocycles. The van der Waals surface area contributed by atoms with Gasteiger partial charge in [0.1, 0.15) is 0 Å². The number of nitrogens with one attached hydrogen (secondary N) is 1. The molecule has 106 valence electrons. The molecular formula is C15H17ClN2OS. The van der Waals surface area contributed by atoms with Crippen LogP contribution in [0.5, 0.6) is 0 Å². The Kier molecular flexibility index (Phi) is 5.04. The molecule has 3 nitrogen and oxygen atoms in total. The first-order valence-electron chi connectivity index (χ1n) is 6.32. The van der Waals surface area contributed by atoms with Crippen molar-refractivity contribution in [1.29, 1.82) is 0 Å². The monoisotopic (exact) mass is 308 g/mol. The number of halogens is 1. The van der Waals surface area contributed by atoms with E-state index in [9.17, 15) is 4.79 Å². The number of amides is 2. The van der Waals surface area contributed by atoms with Crippen molar-refractivity contribution < 1.29 is 4.79 Å². The fraction of sp³-hybridized carbons (Fsp3) is 0.267. The topological polar surface area (TPSA) is 32.3 Å². The smallest absolute Gasteiger partial charge is 0.317 e. The first-order valence-corrected chi connectivity index (χ1v) is 7.58. The molecule has 0 aliphatic rings. The third-order valence-corrected chi connectivity index (χ3v) is 4.31. The van der Waals surface area contributed by atoms with Gasteiger partial charge >= 0.3 is 6.03 Å². The van der Waals surface area contributed by atoms with Gasteiger partial charge < -0.3 is 10.2 Å². The van der Waals surface area contributed by atoms with Crippen LogP contribution >= 0.6 is 22.9 Å². The van der Waals surface area contributed by atoms with E-state index in [-0.39, 0.29) is 6.03 Å². The average Bonchev–Trinajstić information content (AvgIpc) is 2.83. The van der Waals surface area contributed by atoms with Gasteiger partial charge in [-0.15, -0.1) is 11.3 Å². The fourth-order valence-corrected chi connectivity index (χ4v) is 2.85. The first kappa shape index (κ1) is 14.9. The standard InChI is InChI=1S/C15H17ClN2OS/c1-11-7-8-20-14(11)10-18(2)15(19)17-9-12-3-5-13(16)6-4-12/h3-8H,9-10H2,1-2H3,(H,17,19). The maximum Gasteiger partial charge on any atom is 0.317 e. The number of carbonyl (C=O) groups excluding carboxylic acids is 1. The summed E-state index contributed by atoms with van der Waals surface area (Å²) in [5.41, 5.74) is 2.26. The predicted octanol–water partition coefficient (Wildman–Crippen LogP) is 4.05. The van der Waals surface area contributed by atoms with Crippen LogP contribution in [0.25, 0.3) is 0 Å². The van der Waals surface area contributed by atoms with Crippen molar-refractivity contribution in [2.24, 2.45) is 0 Å². The van der Waals surface area contributed by atoms with E-state index in [2.05, 4.69) is 18.3 Å². The van der Waals surface area contributed by atoms with Crippen molar-refractivity contribution in [2.45, 2.75) is 20.0 Å². The Morgan fingerprint density at radius 1 is 1.30 bits per heavy atom. The number of thiophene rings is 1. The number of hydrogen-bond donors (Lipinski definition) is 1. The summed E-state index contributed by atoms with van der Waals surface area (Å²) in [5.74, 6) is 0. The highest BCUT2D eigenvalue weighted by atomic mass is 35.5. The maximum absolute atomic E-state index is 12.0. The summed E-state index contributed by atoms with van der Waals surface area (Å²) in [6.07, 6.45) is 0. The van der Waals surface area contributed by atoms with Crippen LogP contribution in [0.4, 0.5) is 4.79 Å². The molecule has 0 spiro atoms. The van der Waals surface area contributed by atoms with E-state index >= 15 is 0 Å². The zero-order valence-corrected chi connectivity index (χ0v) is 13.1. The van der Waals surface area contributed by atoms with E-state index < -0.39 is 0 Å². The second-order valence-corrected chi connectivity index (χ2v) is 6.11. The zero-order chi connectivity index (χ0) is 14.5. The van der Waals surface area contributed by atoms with Gasteiger partial charge in [0.2, 0.25) is 0 Å². The van der Waals surface area contributed by atoms with Gasteiger partial charge in [0.25, 0.3) is 0 Å². The molecule has 20 heavy (non-hydrogen) atoms. The number of rotatable bonds is 4. The van der Waals surface area contributed by atoms with Gasteiger partial charge in [0.05, 0.1) is 6.54 Å². The van der Waals surface area contributed by atoms with Gasteiger partial charge in [0, 0.05) is 23.5 Å². The molecule has 1 N–H and O–H groups in total. The molecule has 0 aliphatic carbocycles. The van der Waals surface area contributed by atoms with Gasteiger partial charge in [-0.2, -0.15) is 0 Å². The summed E-state index contributed by atoms with van der Waals surface area (Å²) in [6, 6.07) is 9.45. The van der Waals surface area contributed by atoms with Crippen LogP contribution in [0.1, 0.15) is 16.0 Å². The van der Waals surface area contributed by atoms with E-state index in [4.69, 9.17) is 11.6 Å². The van der Waals surface area contributed by atoms with Crippen molar-refractivity contribution >= 4 is 29.0 Å². The van der Waals surface area contributed by atoms with Crippen LogP contribution in [-0.2, 0) is 13.1 Å². The Labute approximate surface area is 128 Å². The highest BCUT2D eigenvalue weighted by molar-refractivity contribution is 7.10. The fourth-order valence-electron chi connectivity index (χ4n) is 1.77. The Balaban J connectivity index is 1.85. The van der Waals surface area contributed by atoms with Crippen molar-refractivity contribution in [1.82, 2.24) is 10.2 Å². The lowest BCUT2D eigenvalue weighted by Crippen LogP contribution is -2.36. The highest BCUT2D eigenvalue weighted by Crippen LogP contribution is 2.17. The SMILES string of the molecule is Cc1ccsc1CN(C)C(=O)NCc1ccc(Cl)cc1. The number of hydrogen-bond acceptors (Lipinski definition) is 2. The maximum atomic E-state index is 12.0. The Hall–Kier alpha value is -1.52. The lowest BCUT2D eigenvalue weighted by Gasteiger charge is -2.17. The largest absolute Gasteiger partial charge is 0.334 e. The molecule has 1 aromatic carbocycles. The molecule has 0 radical (unpaired) electrons. The summed E-state index contributed by atoms with van der Waals surface area (Å²) < 4.78 is 0. The Morgan fingerprint density at radius 3 is 2.60 bits per heavy atom. The van der Waals surface area contributed by atoms with Gasteiger partial charge in [-0.1, -0.05) is 23.7 Å². The summed E-state index contributed by atoms with van der Waals surface area (Å²) in [6.45, 7) is 3.20. The predicted molar refractivity (Wildman–Crippen MR) is 84.2 cm³/mol. The first-order chi connectivity index (χ1) is 9.56. The van der Waals surface area contributed by atoms with E-state index in [0.717, 1.165) is 5.56 Å². The summed E-state index contributed by atoms with van der Waals surface area (Å²) in [5, 5.41) is 5.64. The molecular weight excluding hydrogens is 292 g/mol. The zero-order valence-electron chi connectivity index (χ0n) is 11.5. The van der Waals surface area contributed by atoms with Crippen LogP contribution in [0.3, 0.4) is 0 Å². The molecule has 0 unspecified atom stereocenters. The van der Waals surface area contributed by atoms with Crippen LogP contribution in [0.2, 0.25) is 5.02 Å². The number of benzene rings is 1. The third-order valence-electron chi connectivity index (χ3n) is 3.05. The average molecular weight is 309 g/mol. The van der Waals surface area contributed by atoms with Crippen LogP contribution in [0, 0.1) is 6.92 Å². The molecule has 0 fully saturated rings.